The Bertz CT molecular complexity index is 553. The van der Waals surface area contributed by atoms with Gasteiger partial charge in [-0.05, 0) is 37.6 Å². The summed E-state index contributed by atoms with van der Waals surface area (Å²) in [5.41, 5.74) is 0. The largest absolute Gasteiger partial charge is 0.497 e. The molecule has 0 aliphatic rings. The van der Waals surface area contributed by atoms with E-state index in [0.29, 0.717) is 12.2 Å². The van der Waals surface area contributed by atoms with E-state index in [1.54, 1.807) is 6.92 Å². The highest BCUT2D eigenvalue weighted by atomic mass is 32.2. The molecule has 1 N–H and O–H groups in total. The van der Waals surface area contributed by atoms with Crippen LogP contribution in [0.2, 0.25) is 0 Å². The van der Waals surface area contributed by atoms with Crippen molar-refractivity contribution in [1.82, 2.24) is 4.31 Å². The van der Waals surface area contributed by atoms with Crippen LogP contribution in [0.25, 0.3) is 0 Å². The maximum absolute atomic E-state index is 12.5. The van der Waals surface area contributed by atoms with Gasteiger partial charge in [0.15, 0.2) is 0 Å². The van der Waals surface area contributed by atoms with Crippen molar-refractivity contribution < 1.29 is 23.1 Å². The predicted molar refractivity (Wildman–Crippen MR) is 74.3 cm³/mol. The highest BCUT2D eigenvalue weighted by molar-refractivity contribution is 7.89. The minimum absolute atomic E-state index is 0.0554. The molecule has 0 bridgehead atoms. The SMILES string of the molecule is CCC(C)N(CC(=O)O)S(=O)(=O)c1ccc(OC)cc1. The van der Waals surface area contributed by atoms with Crippen LogP contribution in [0.1, 0.15) is 20.3 Å². The maximum Gasteiger partial charge on any atom is 0.318 e. The molecule has 0 spiro atoms. The molecule has 1 aromatic carbocycles. The number of methoxy groups -OCH3 is 1. The molecule has 0 aliphatic heterocycles. The fraction of sp³-hybridized carbons (Fsp3) is 0.462. The zero-order chi connectivity index (χ0) is 15.3. The van der Waals surface area contributed by atoms with Gasteiger partial charge in [0.05, 0.1) is 12.0 Å². The van der Waals surface area contributed by atoms with Crippen molar-refractivity contribution in [2.45, 2.75) is 31.2 Å². The normalized spacial score (nSPS) is 13.2. The summed E-state index contributed by atoms with van der Waals surface area (Å²) in [6.07, 6.45) is 0.530. The van der Waals surface area contributed by atoms with Crippen molar-refractivity contribution in [2.75, 3.05) is 13.7 Å². The third kappa shape index (κ3) is 3.71. The standard InChI is InChI=1S/C13H19NO5S/c1-4-10(2)14(9-13(15)16)20(17,18)12-7-5-11(19-3)6-8-12/h5-8,10H,4,9H2,1-3H3,(H,15,16). The first-order valence-electron chi connectivity index (χ1n) is 6.20. The number of sulfonamides is 1. The molecule has 1 rings (SSSR count). The van der Waals surface area contributed by atoms with Gasteiger partial charge < -0.3 is 9.84 Å². The van der Waals surface area contributed by atoms with E-state index in [2.05, 4.69) is 0 Å². The van der Waals surface area contributed by atoms with Gasteiger partial charge in [-0.2, -0.15) is 4.31 Å². The zero-order valence-electron chi connectivity index (χ0n) is 11.7. The lowest BCUT2D eigenvalue weighted by Crippen LogP contribution is -2.41. The van der Waals surface area contributed by atoms with E-state index < -0.39 is 28.6 Å². The Morgan fingerprint density at radius 2 is 1.90 bits per heavy atom. The molecule has 6 nitrogen and oxygen atoms in total. The fourth-order valence-electron chi connectivity index (χ4n) is 1.70. The van der Waals surface area contributed by atoms with Crippen LogP contribution in [0.15, 0.2) is 29.2 Å². The fourth-order valence-corrected chi connectivity index (χ4v) is 3.35. The summed E-state index contributed by atoms with van der Waals surface area (Å²) < 4.78 is 30.9. The zero-order valence-corrected chi connectivity index (χ0v) is 12.6. The lowest BCUT2D eigenvalue weighted by molar-refractivity contribution is -0.137. The van der Waals surface area contributed by atoms with Crippen molar-refractivity contribution in [3.63, 3.8) is 0 Å². The van der Waals surface area contributed by atoms with Crippen LogP contribution < -0.4 is 4.74 Å². The highest BCUT2D eigenvalue weighted by Gasteiger charge is 2.30. The van der Waals surface area contributed by atoms with Crippen LogP contribution in [0, 0.1) is 0 Å². The van der Waals surface area contributed by atoms with E-state index >= 15 is 0 Å². The van der Waals surface area contributed by atoms with Gasteiger partial charge in [0, 0.05) is 6.04 Å². The molecule has 0 aliphatic carbocycles. The van der Waals surface area contributed by atoms with E-state index in [1.165, 1.54) is 31.4 Å². The highest BCUT2D eigenvalue weighted by Crippen LogP contribution is 2.21. The summed E-state index contributed by atoms with van der Waals surface area (Å²) in [6, 6.07) is 5.49. The Balaban J connectivity index is 3.17. The van der Waals surface area contributed by atoms with E-state index in [4.69, 9.17) is 9.84 Å². The monoisotopic (exact) mass is 301 g/mol. The molecule has 0 aromatic heterocycles. The van der Waals surface area contributed by atoms with Crippen molar-refractivity contribution in [1.29, 1.82) is 0 Å². The van der Waals surface area contributed by atoms with Crippen molar-refractivity contribution in [3.8, 4) is 5.75 Å². The number of nitrogens with zero attached hydrogens (tertiary/aromatic N) is 1. The number of rotatable bonds is 7. The van der Waals surface area contributed by atoms with Gasteiger partial charge in [0.1, 0.15) is 12.3 Å². The molecule has 0 heterocycles. The van der Waals surface area contributed by atoms with Gasteiger partial charge in [-0.3, -0.25) is 4.79 Å². The number of carboxylic acids is 1. The molecule has 0 saturated carbocycles. The van der Waals surface area contributed by atoms with Gasteiger partial charge in [0.25, 0.3) is 0 Å². The van der Waals surface area contributed by atoms with Crippen LogP contribution in [-0.4, -0.2) is 43.5 Å². The van der Waals surface area contributed by atoms with Gasteiger partial charge in [-0.1, -0.05) is 6.92 Å². The number of hydrogen-bond acceptors (Lipinski definition) is 4. The summed E-state index contributed by atoms with van der Waals surface area (Å²) in [4.78, 5) is 10.9. The molecule has 1 unspecified atom stereocenters. The Kier molecular flexibility index (Phi) is 5.52. The topological polar surface area (TPSA) is 83.9 Å². The quantitative estimate of drug-likeness (QED) is 0.826. The van der Waals surface area contributed by atoms with Gasteiger partial charge >= 0.3 is 5.97 Å². The molecule has 7 heteroatoms. The summed E-state index contributed by atoms with van der Waals surface area (Å²) in [5.74, 6) is -0.639. The molecule has 0 amide bonds. The summed E-state index contributed by atoms with van der Waals surface area (Å²) in [7, 11) is -2.35. The molecule has 1 aromatic rings. The summed E-state index contributed by atoms with van der Waals surface area (Å²) in [5, 5.41) is 8.89. The third-order valence-corrected chi connectivity index (χ3v) is 5.01. The molecule has 0 radical (unpaired) electrons. The summed E-state index contributed by atoms with van der Waals surface area (Å²) >= 11 is 0. The number of carbonyl (C=O) groups is 1. The summed E-state index contributed by atoms with van der Waals surface area (Å²) in [6.45, 7) is 2.94. The van der Waals surface area contributed by atoms with E-state index in [9.17, 15) is 13.2 Å². The first-order chi connectivity index (χ1) is 9.32. The molecule has 20 heavy (non-hydrogen) atoms. The minimum atomic E-state index is -3.84. The van der Waals surface area contributed by atoms with Crippen molar-refractivity contribution in [3.05, 3.63) is 24.3 Å². The average molecular weight is 301 g/mol. The second-order valence-corrected chi connectivity index (χ2v) is 6.27. The Hall–Kier alpha value is -1.60. The minimum Gasteiger partial charge on any atom is -0.497 e. The second-order valence-electron chi connectivity index (χ2n) is 4.38. The van der Waals surface area contributed by atoms with E-state index in [0.717, 1.165) is 4.31 Å². The van der Waals surface area contributed by atoms with E-state index in [-0.39, 0.29) is 4.90 Å². The van der Waals surface area contributed by atoms with E-state index in [1.807, 2.05) is 6.92 Å². The van der Waals surface area contributed by atoms with Gasteiger partial charge in [-0.25, -0.2) is 8.42 Å². The smallest absolute Gasteiger partial charge is 0.318 e. The maximum atomic E-state index is 12.5. The van der Waals surface area contributed by atoms with Crippen LogP contribution in [0.4, 0.5) is 0 Å². The van der Waals surface area contributed by atoms with Crippen molar-refractivity contribution in [2.24, 2.45) is 0 Å². The Morgan fingerprint density at radius 1 is 1.35 bits per heavy atom. The lowest BCUT2D eigenvalue weighted by atomic mass is 10.2. The molecular weight excluding hydrogens is 282 g/mol. The van der Waals surface area contributed by atoms with Crippen molar-refractivity contribution >= 4 is 16.0 Å². The number of hydrogen-bond donors (Lipinski definition) is 1. The van der Waals surface area contributed by atoms with Gasteiger partial charge in [-0.15, -0.1) is 0 Å². The molecule has 112 valence electrons. The lowest BCUT2D eigenvalue weighted by Gasteiger charge is -2.26. The number of aliphatic carboxylic acids is 1. The Labute approximate surface area is 119 Å². The third-order valence-electron chi connectivity index (χ3n) is 3.04. The molecule has 0 saturated heterocycles. The number of ether oxygens (including phenoxy) is 1. The first kappa shape index (κ1) is 16.5. The predicted octanol–water partition coefficient (Wildman–Crippen LogP) is 1.57. The average Bonchev–Trinajstić information content (AvgIpc) is 2.43. The van der Waals surface area contributed by atoms with Crippen LogP contribution >= 0.6 is 0 Å². The second kappa shape index (κ2) is 6.71. The first-order valence-corrected chi connectivity index (χ1v) is 7.64. The number of carboxylic acid groups (broad SMARTS) is 1. The molecule has 0 fully saturated rings. The molecule has 1 atom stereocenters. The molecular formula is C13H19NO5S. The Morgan fingerprint density at radius 3 is 2.30 bits per heavy atom. The van der Waals surface area contributed by atoms with Crippen LogP contribution in [-0.2, 0) is 14.8 Å². The van der Waals surface area contributed by atoms with Crippen LogP contribution in [0.5, 0.6) is 5.75 Å². The van der Waals surface area contributed by atoms with Gasteiger partial charge in [0.2, 0.25) is 10.0 Å². The number of benzene rings is 1. The van der Waals surface area contributed by atoms with Crippen LogP contribution in [0.3, 0.4) is 0 Å².